The molecule has 0 fully saturated rings. The van der Waals surface area contributed by atoms with E-state index >= 15 is 0 Å². The number of aliphatic imine (C=N–C) groups is 1. The molecule has 32 heavy (non-hydrogen) atoms. The van der Waals surface area contributed by atoms with Gasteiger partial charge in [0.1, 0.15) is 23.4 Å². The number of carbonyl (C=O) groups is 2. The van der Waals surface area contributed by atoms with Crippen LogP contribution in [0.15, 0.2) is 52.4 Å². The number of rotatable bonds is 7. The summed E-state index contributed by atoms with van der Waals surface area (Å²) in [7, 11) is -0.784. The molecule has 0 bridgehead atoms. The van der Waals surface area contributed by atoms with Crippen LogP contribution in [0.1, 0.15) is 19.4 Å². The molecule has 1 heterocycles. The van der Waals surface area contributed by atoms with Crippen LogP contribution in [-0.4, -0.2) is 52.5 Å². The molecule has 1 amide bonds. The minimum absolute atomic E-state index is 0.0447. The number of nitrogens with one attached hydrogen (secondary N) is 2. The molecule has 2 aromatic rings. The van der Waals surface area contributed by atoms with Crippen molar-refractivity contribution >= 4 is 33.4 Å². The fraction of sp³-hybridized carbons (Fsp3) is 0.286. The fourth-order valence-electron chi connectivity index (χ4n) is 2.95. The van der Waals surface area contributed by atoms with Crippen molar-refractivity contribution in [3.05, 3.63) is 48.0 Å². The Balaban J connectivity index is 1.68. The summed E-state index contributed by atoms with van der Waals surface area (Å²) in [5.74, 6) is -0.416. The molecule has 0 aliphatic carbocycles. The van der Waals surface area contributed by atoms with Crippen LogP contribution in [0, 0.1) is 0 Å². The molecule has 2 atom stereocenters. The van der Waals surface area contributed by atoms with E-state index in [2.05, 4.69) is 15.0 Å². The average molecular weight is 461 g/mol. The number of sulfonamides is 1. The summed E-state index contributed by atoms with van der Waals surface area (Å²) in [5.41, 5.74) is 0.716. The monoisotopic (exact) mass is 461 g/mol. The second-order valence-corrected chi connectivity index (χ2v) is 8.54. The van der Waals surface area contributed by atoms with Gasteiger partial charge in [0.15, 0.2) is 6.10 Å². The normalized spacial score (nSPS) is 16.9. The van der Waals surface area contributed by atoms with Gasteiger partial charge in [-0.05, 0) is 38.1 Å². The van der Waals surface area contributed by atoms with Crippen molar-refractivity contribution < 1.29 is 32.2 Å². The zero-order valence-corrected chi connectivity index (χ0v) is 18.7. The Labute approximate surface area is 185 Å². The Kier molecular flexibility index (Phi) is 6.68. The summed E-state index contributed by atoms with van der Waals surface area (Å²) >= 11 is 0. The number of nitrogens with zero attached hydrogens (tertiary/aromatic N) is 1. The third-order valence-electron chi connectivity index (χ3n) is 4.65. The summed E-state index contributed by atoms with van der Waals surface area (Å²) in [5, 5.41) is 2.63. The molecule has 1 unspecified atom stereocenters. The first kappa shape index (κ1) is 23.1. The van der Waals surface area contributed by atoms with Gasteiger partial charge in [-0.25, -0.2) is 13.2 Å². The van der Waals surface area contributed by atoms with Gasteiger partial charge in [0.05, 0.1) is 24.8 Å². The Morgan fingerprint density at radius 3 is 2.47 bits per heavy atom. The van der Waals surface area contributed by atoms with Crippen LogP contribution in [0.5, 0.6) is 11.5 Å². The third kappa shape index (κ3) is 4.83. The topological polar surface area (TPSA) is 132 Å². The SMILES string of the molecule is COc1ccc(OC)c(NC(=O)C(C)OC(=O)[C@H](C)N=C2NS(=O)(=O)c3ccccc32)c1. The van der Waals surface area contributed by atoms with Crippen molar-refractivity contribution in [2.75, 3.05) is 19.5 Å². The predicted molar refractivity (Wildman–Crippen MR) is 116 cm³/mol. The molecule has 0 saturated carbocycles. The molecule has 1 aliphatic rings. The van der Waals surface area contributed by atoms with E-state index in [-0.39, 0.29) is 10.7 Å². The van der Waals surface area contributed by atoms with Crippen LogP contribution < -0.4 is 19.5 Å². The zero-order valence-electron chi connectivity index (χ0n) is 17.9. The maximum atomic E-state index is 12.5. The number of esters is 1. The van der Waals surface area contributed by atoms with Crippen molar-refractivity contribution in [3.63, 3.8) is 0 Å². The fourth-order valence-corrected chi connectivity index (χ4v) is 4.19. The minimum atomic E-state index is -3.73. The van der Waals surface area contributed by atoms with Crippen LogP contribution in [0.4, 0.5) is 5.69 Å². The highest BCUT2D eigenvalue weighted by Crippen LogP contribution is 2.29. The highest BCUT2D eigenvalue weighted by molar-refractivity contribution is 7.90. The highest BCUT2D eigenvalue weighted by atomic mass is 32.2. The lowest BCUT2D eigenvalue weighted by Crippen LogP contribution is -2.34. The van der Waals surface area contributed by atoms with Crippen molar-refractivity contribution in [2.45, 2.75) is 30.9 Å². The lowest BCUT2D eigenvalue weighted by Gasteiger charge is -2.17. The summed E-state index contributed by atoms with van der Waals surface area (Å²) < 4.78 is 42.2. The summed E-state index contributed by atoms with van der Waals surface area (Å²) in [6.07, 6.45) is -1.14. The molecule has 170 valence electrons. The van der Waals surface area contributed by atoms with Gasteiger partial charge >= 0.3 is 5.97 Å². The van der Waals surface area contributed by atoms with E-state index in [4.69, 9.17) is 14.2 Å². The predicted octanol–water partition coefficient (Wildman–Crippen LogP) is 1.70. The zero-order chi connectivity index (χ0) is 23.5. The van der Waals surface area contributed by atoms with Crippen molar-refractivity contribution in [1.29, 1.82) is 0 Å². The van der Waals surface area contributed by atoms with Crippen LogP contribution in [0.3, 0.4) is 0 Å². The van der Waals surface area contributed by atoms with Crippen LogP contribution in [0.25, 0.3) is 0 Å². The van der Waals surface area contributed by atoms with Crippen LogP contribution >= 0.6 is 0 Å². The average Bonchev–Trinajstić information content (AvgIpc) is 3.03. The molecular formula is C21H23N3O7S. The van der Waals surface area contributed by atoms with E-state index < -0.39 is 34.0 Å². The summed E-state index contributed by atoms with van der Waals surface area (Å²) in [4.78, 5) is 29.2. The molecule has 0 aromatic heterocycles. The molecule has 2 N–H and O–H groups in total. The second-order valence-electron chi connectivity index (χ2n) is 6.89. The molecule has 3 rings (SSSR count). The van der Waals surface area contributed by atoms with Gasteiger partial charge in [0, 0.05) is 11.6 Å². The maximum absolute atomic E-state index is 12.5. The lowest BCUT2D eigenvalue weighted by atomic mass is 10.2. The lowest BCUT2D eigenvalue weighted by molar-refractivity contribution is -0.154. The van der Waals surface area contributed by atoms with Gasteiger partial charge in [-0.15, -0.1) is 0 Å². The largest absolute Gasteiger partial charge is 0.497 e. The smallest absolute Gasteiger partial charge is 0.331 e. The van der Waals surface area contributed by atoms with Crippen LogP contribution in [-0.2, 0) is 24.3 Å². The Morgan fingerprint density at radius 2 is 1.78 bits per heavy atom. The number of amides is 1. The van der Waals surface area contributed by atoms with E-state index in [0.29, 0.717) is 22.7 Å². The molecule has 11 heteroatoms. The van der Waals surface area contributed by atoms with E-state index in [1.54, 1.807) is 36.4 Å². The molecular weight excluding hydrogens is 438 g/mol. The van der Waals surface area contributed by atoms with Gasteiger partial charge in [0.2, 0.25) is 0 Å². The van der Waals surface area contributed by atoms with Crippen LogP contribution in [0.2, 0.25) is 0 Å². The molecule has 2 aromatic carbocycles. The Hall–Kier alpha value is -3.60. The van der Waals surface area contributed by atoms with Crippen molar-refractivity contribution in [3.8, 4) is 11.5 Å². The molecule has 10 nitrogen and oxygen atoms in total. The number of hydrogen-bond acceptors (Lipinski definition) is 8. The second kappa shape index (κ2) is 9.27. The number of fused-ring (bicyclic) bond motifs is 1. The van der Waals surface area contributed by atoms with Gasteiger partial charge in [0.25, 0.3) is 15.9 Å². The Morgan fingerprint density at radius 1 is 1.06 bits per heavy atom. The first-order chi connectivity index (χ1) is 15.2. The van der Waals surface area contributed by atoms with E-state index in [0.717, 1.165) is 0 Å². The molecule has 0 radical (unpaired) electrons. The Bertz CT molecular complexity index is 1180. The third-order valence-corrected chi connectivity index (χ3v) is 6.05. The van der Waals surface area contributed by atoms with E-state index in [1.807, 2.05) is 0 Å². The van der Waals surface area contributed by atoms with E-state index in [1.165, 1.54) is 34.1 Å². The number of ether oxygens (including phenoxy) is 3. The number of amidine groups is 1. The minimum Gasteiger partial charge on any atom is -0.497 e. The van der Waals surface area contributed by atoms with Gasteiger partial charge in [-0.2, -0.15) is 0 Å². The number of carbonyl (C=O) groups excluding carboxylic acids is 2. The molecule has 0 saturated heterocycles. The highest BCUT2D eigenvalue weighted by Gasteiger charge is 2.32. The summed E-state index contributed by atoms with van der Waals surface area (Å²) in [6, 6.07) is 10.1. The van der Waals surface area contributed by atoms with Gasteiger partial charge < -0.3 is 19.5 Å². The maximum Gasteiger partial charge on any atom is 0.331 e. The molecule has 1 aliphatic heterocycles. The number of benzene rings is 2. The quantitative estimate of drug-likeness (QED) is 0.600. The first-order valence-electron chi connectivity index (χ1n) is 9.59. The number of hydrogen-bond donors (Lipinski definition) is 2. The van der Waals surface area contributed by atoms with Crippen molar-refractivity contribution in [2.24, 2.45) is 4.99 Å². The van der Waals surface area contributed by atoms with Gasteiger partial charge in [-0.3, -0.25) is 14.5 Å². The summed E-state index contributed by atoms with van der Waals surface area (Å²) in [6.45, 7) is 2.85. The van der Waals surface area contributed by atoms with Crippen molar-refractivity contribution in [1.82, 2.24) is 4.72 Å². The van der Waals surface area contributed by atoms with Gasteiger partial charge in [-0.1, -0.05) is 12.1 Å². The standard InChI is InChI=1S/C21H23N3O7S/c1-12(22-19-15-7-5-6-8-18(15)32(27,28)24-19)21(26)31-13(2)20(25)23-16-11-14(29-3)9-10-17(16)30-4/h5-13H,1-4H3,(H,22,24)(H,23,25)/t12-,13?/m0/s1. The first-order valence-corrected chi connectivity index (χ1v) is 11.1. The molecule has 0 spiro atoms. The van der Waals surface area contributed by atoms with E-state index in [9.17, 15) is 18.0 Å². The number of methoxy groups -OCH3 is 2. The number of anilines is 1.